The molecule has 0 aromatic rings. The molecule has 1 saturated heterocycles. The van der Waals surface area contributed by atoms with Gasteiger partial charge in [-0.15, -0.1) is 0 Å². The molecule has 0 aromatic heterocycles. The summed E-state index contributed by atoms with van der Waals surface area (Å²) in [6.07, 6.45) is 11.1. The lowest BCUT2D eigenvalue weighted by Gasteiger charge is -2.63. The van der Waals surface area contributed by atoms with Crippen LogP contribution in [-0.4, -0.2) is 28.7 Å². The highest BCUT2D eigenvalue weighted by atomic mass is 16.6. The molecule has 3 heteroatoms. The van der Waals surface area contributed by atoms with Crippen LogP contribution in [0, 0.1) is 45.3 Å². The molecule has 33 heavy (non-hydrogen) atoms. The highest BCUT2D eigenvalue weighted by Crippen LogP contribution is 2.73. The van der Waals surface area contributed by atoms with Crippen LogP contribution in [-0.2, 0) is 9.53 Å². The van der Waals surface area contributed by atoms with E-state index >= 15 is 0 Å². The molecule has 0 spiro atoms. The average molecular weight is 457 g/mol. The summed E-state index contributed by atoms with van der Waals surface area (Å²) < 4.78 is 5.75. The molecule has 1 N–H and O–H groups in total. The van der Waals surface area contributed by atoms with Gasteiger partial charge in [0, 0.05) is 11.8 Å². The number of carbonyl (C=O) groups is 1. The molecular weight excluding hydrogens is 408 g/mol. The summed E-state index contributed by atoms with van der Waals surface area (Å²) in [5.74, 6) is 2.73. The fourth-order valence-electron chi connectivity index (χ4n) is 9.97. The number of ether oxygens (including phenoxy) is 1. The van der Waals surface area contributed by atoms with E-state index in [1.54, 1.807) is 5.57 Å². The van der Waals surface area contributed by atoms with Crippen molar-refractivity contribution in [2.45, 2.75) is 125 Å². The third-order valence-corrected chi connectivity index (χ3v) is 12.4. The first-order valence-corrected chi connectivity index (χ1v) is 13.8. The molecular formula is C30H48O3. The second kappa shape index (κ2) is 7.19. The first-order chi connectivity index (χ1) is 15.2. The van der Waals surface area contributed by atoms with E-state index in [4.69, 9.17) is 4.74 Å². The molecule has 3 saturated carbocycles. The van der Waals surface area contributed by atoms with E-state index in [0.29, 0.717) is 29.5 Å². The van der Waals surface area contributed by atoms with E-state index in [9.17, 15) is 9.90 Å². The Morgan fingerprint density at radius 1 is 1.06 bits per heavy atom. The Kier molecular flexibility index (Phi) is 5.24. The van der Waals surface area contributed by atoms with E-state index in [-0.39, 0.29) is 39.5 Å². The number of allylic oxidation sites excluding steroid dienone is 2. The summed E-state index contributed by atoms with van der Waals surface area (Å²) in [5.41, 5.74) is 2.17. The third kappa shape index (κ3) is 3.16. The Morgan fingerprint density at radius 3 is 2.36 bits per heavy atom. The van der Waals surface area contributed by atoms with Crippen molar-refractivity contribution in [1.29, 1.82) is 0 Å². The van der Waals surface area contributed by atoms with E-state index in [1.165, 1.54) is 25.7 Å². The maximum atomic E-state index is 12.8. The smallest absolute Gasteiger partial charge is 0.138 e. The van der Waals surface area contributed by atoms with Gasteiger partial charge in [0.05, 0.1) is 11.7 Å². The fourth-order valence-corrected chi connectivity index (χ4v) is 9.97. The molecule has 0 radical (unpaired) electrons. The molecule has 5 aliphatic rings. The first kappa shape index (κ1) is 24.0. The topological polar surface area (TPSA) is 49.8 Å². The highest BCUT2D eigenvalue weighted by molar-refractivity contribution is 5.85. The zero-order valence-corrected chi connectivity index (χ0v) is 22.5. The molecule has 0 bridgehead atoms. The zero-order valence-electron chi connectivity index (χ0n) is 22.5. The van der Waals surface area contributed by atoms with E-state index < -0.39 is 0 Å². The molecule has 0 aromatic carbocycles. The van der Waals surface area contributed by atoms with Crippen LogP contribution in [0.2, 0.25) is 0 Å². The Morgan fingerprint density at radius 2 is 1.73 bits per heavy atom. The quantitative estimate of drug-likeness (QED) is 0.377. The summed E-state index contributed by atoms with van der Waals surface area (Å²) in [4.78, 5) is 12.8. The number of carbonyl (C=O) groups excluding carboxylic acids is 1. The predicted octanol–water partition coefficient (Wildman–Crippen LogP) is 6.73. The van der Waals surface area contributed by atoms with Gasteiger partial charge in [0.1, 0.15) is 11.9 Å². The monoisotopic (exact) mass is 456 g/mol. The van der Waals surface area contributed by atoms with Crippen molar-refractivity contribution in [3.05, 3.63) is 11.6 Å². The number of fused-ring (bicyclic) bond motifs is 5. The standard InChI is InChI=1S/C30H48O3/c1-18(17-22(31)25-27(4,5)33-25)19-11-15-30(8)21-9-10-23-26(2,3)24(32)13-14-28(23,6)20(21)12-16-29(19,30)7/h9,18-20,22-23,25,31H,10-17H2,1-8H3/t18-,19-,20-,22-,23+,25-,28+,29-,30+/m1/s1. The van der Waals surface area contributed by atoms with Gasteiger partial charge in [-0.05, 0) is 98.7 Å². The van der Waals surface area contributed by atoms with Crippen LogP contribution >= 0.6 is 0 Å². The number of rotatable bonds is 4. The molecule has 1 heterocycles. The molecule has 0 unspecified atom stereocenters. The second-order valence-corrected chi connectivity index (χ2v) is 14.5. The zero-order chi connectivity index (χ0) is 24.2. The van der Waals surface area contributed by atoms with E-state index in [2.05, 4.69) is 61.5 Å². The Bertz CT molecular complexity index is 870. The van der Waals surface area contributed by atoms with Crippen LogP contribution in [0.5, 0.6) is 0 Å². The van der Waals surface area contributed by atoms with Gasteiger partial charge in [0.2, 0.25) is 0 Å². The van der Waals surface area contributed by atoms with Gasteiger partial charge < -0.3 is 9.84 Å². The second-order valence-electron chi connectivity index (χ2n) is 14.5. The maximum absolute atomic E-state index is 12.8. The first-order valence-electron chi connectivity index (χ1n) is 13.8. The van der Waals surface area contributed by atoms with Gasteiger partial charge >= 0.3 is 0 Å². The molecule has 0 amide bonds. The van der Waals surface area contributed by atoms with Crippen molar-refractivity contribution in [3.8, 4) is 0 Å². The van der Waals surface area contributed by atoms with Crippen molar-refractivity contribution in [2.24, 2.45) is 45.3 Å². The molecule has 1 aliphatic heterocycles. The molecule has 4 fully saturated rings. The van der Waals surface area contributed by atoms with Crippen LogP contribution in [0.25, 0.3) is 0 Å². The van der Waals surface area contributed by atoms with Gasteiger partial charge in [-0.3, -0.25) is 4.79 Å². The molecule has 5 rings (SSSR count). The van der Waals surface area contributed by atoms with Crippen molar-refractivity contribution in [3.63, 3.8) is 0 Å². The van der Waals surface area contributed by atoms with Gasteiger partial charge in [0.15, 0.2) is 0 Å². The Balaban J connectivity index is 1.41. The number of aliphatic hydroxyl groups excluding tert-OH is 1. The summed E-state index contributed by atoms with van der Waals surface area (Å²) in [5, 5.41) is 10.9. The van der Waals surface area contributed by atoms with Gasteiger partial charge in [-0.1, -0.05) is 53.2 Å². The van der Waals surface area contributed by atoms with E-state index in [1.807, 2.05) is 0 Å². The van der Waals surface area contributed by atoms with Crippen molar-refractivity contribution in [1.82, 2.24) is 0 Å². The summed E-state index contributed by atoms with van der Waals surface area (Å²) in [7, 11) is 0. The normalized spacial score (nSPS) is 49.4. The lowest BCUT2D eigenvalue weighted by atomic mass is 9.41. The summed E-state index contributed by atoms with van der Waals surface area (Å²) >= 11 is 0. The molecule has 9 atom stereocenters. The van der Waals surface area contributed by atoms with Crippen LogP contribution in [0.1, 0.15) is 107 Å². The van der Waals surface area contributed by atoms with Gasteiger partial charge in [-0.25, -0.2) is 0 Å². The largest absolute Gasteiger partial charge is 0.390 e. The highest BCUT2D eigenvalue weighted by Gasteiger charge is 2.65. The number of ketones is 1. The lowest BCUT2D eigenvalue weighted by Crippen LogP contribution is -2.57. The van der Waals surface area contributed by atoms with Crippen LogP contribution in [0.4, 0.5) is 0 Å². The summed E-state index contributed by atoms with van der Waals surface area (Å²) in [6.45, 7) is 18.7. The minimum atomic E-state index is -0.350. The van der Waals surface area contributed by atoms with Crippen LogP contribution in [0.3, 0.4) is 0 Å². The van der Waals surface area contributed by atoms with Crippen LogP contribution < -0.4 is 0 Å². The lowest BCUT2D eigenvalue weighted by molar-refractivity contribution is -0.146. The number of epoxide rings is 1. The Labute approximate surface area is 202 Å². The third-order valence-electron chi connectivity index (χ3n) is 12.4. The minimum Gasteiger partial charge on any atom is -0.390 e. The van der Waals surface area contributed by atoms with Crippen molar-refractivity contribution >= 4 is 5.78 Å². The maximum Gasteiger partial charge on any atom is 0.138 e. The fraction of sp³-hybridized carbons (Fsp3) is 0.900. The van der Waals surface area contributed by atoms with Gasteiger partial charge in [-0.2, -0.15) is 0 Å². The minimum absolute atomic E-state index is 0.00609. The summed E-state index contributed by atoms with van der Waals surface area (Å²) in [6, 6.07) is 0. The molecule has 3 nitrogen and oxygen atoms in total. The van der Waals surface area contributed by atoms with Gasteiger partial charge in [0.25, 0.3) is 0 Å². The average Bonchev–Trinajstić information content (AvgIpc) is 3.26. The number of hydrogen-bond acceptors (Lipinski definition) is 3. The number of Topliss-reactive ketones (excluding diaryl/α,β-unsaturated/α-hetero) is 1. The number of hydrogen-bond donors (Lipinski definition) is 1. The van der Waals surface area contributed by atoms with E-state index in [0.717, 1.165) is 25.7 Å². The van der Waals surface area contributed by atoms with Crippen molar-refractivity contribution < 1.29 is 14.6 Å². The SMILES string of the molecule is C[C@H](C[C@@H](O)[C@H]1OC1(C)C)[C@H]1CC[C@@]2(C)C3=CC[C@H]4C(C)(C)C(=O)CC[C@@]4(C)[C@@H]3CC[C@]12C. The number of aliphatic hydroxyl groups is 1. The Hall–Kier alpha value is -0.670. The van der Waals surface area contributed by atoms with Crippen LogP contribution in [0.15, 0.2) is 11.6 Å². The molecule has 186 valence electrons. The van der Waals surface area contributed by atoms with Crippen molar-refractivity contribution in [2.75, 3.05) is 0 Å². The predicted molar refractivity (Wildman–Crippen MR) is 133 cm³/mol. The molecule has 4 aliphatic carbocycles.